The van der Waals surface area contributed by atoms with Gasteiger partial charge >= 0.3 is 0 Å². The number of thiophene rings is 1. The summed E-state index contributed by atoms with van der Waals surface area (Å²) in [4.78, 5) is 14.9. The van der Waals surface area contributed by atoms with Crippen LogP contribution in [0, 0.1) is 0 Å². The van der Waals surface area contributed by atoms with Crippen molar-refractivity contribution in [3.8, 4) is 51.0 Å². The minimum Gasteiger partial charge on any atom is -0.454 e. The molecule has 8 aromatic carbocycles. The molecule has 0 aliphatic rings. The Bertz CT molecular complexity index is 3420. The first-order chi connectivity index (χ1) is 28.2. The summed E-state index contributed by atoms with van der Waals surface area (Å²) in [6.07, 6.45) is 0. The predicted octanol–water partition coefficient (Wildman–Crippen LogP) is 13.9. The molecule has 0 atom stereocenters. The molecule has 5 nitrogen and oxygen atoms in total. The Hall–Kier alpha value is -7.41. The predicted molar refractivity (Wildman–Crippen MR) is 236 cm³/mol. The Balaban J connectivity index is 0.984. The summed E-state index contributed by atoms with van der Waals surface area (Å²) >= 11 is 1.80. The van der Waals surface area contributed by atoms with Gasteiger partial charge in [-0.1, -0.05) is 146 Å². The maximum absolute atomic E-state index is 6.85. The number of nitrogens with zero attached hydrogens (tertiary/aromatic N) is 4. The van der Waals surface area contributed by atoms with Crippen molar-refractivity contribution in [1.29, 1.82) is 0 Å². The summed E-state index contributed by atoms with van der Waals surface area (Å²) in [6.45, 7) is 0. The highest BCUT2D eigenvalue weighted by atomic mass is 32.1. The van der Waals surface area contributed by atoms with Crippen LogP contribution in [0.5, 0.6) is 0 Å². The number of aromatic nitrogens is 4. The van der Waals surface area contributed by atoms with Crippen LogP contribution in [0.15, 0.2) is 186 Å². The van der Waals surface area contributed by atoms with E-state index in [4.69, 9.17) is 19.4 Å². The van der Waals surface area contributed by atoms with Crippen molar-refractivity contribution in [3.63, 3.8) is 0 Å². The first kappa shape index (κ1) is 31.9. The van der Waals surface area contributed by atoms with E-state index in [1.54, 1.807) is 11.3 Å². The Morgan fingerprint density at radius 1 is 0.404 bits per heavy atom. The number of furan rings is 1. The highest BCUT2D eigenvalue weighted by molar-refractivity contribution is 7.26. The molecule has 57 heavy (non-hydrogen) atoms. The molecular formula is C51H30N4OS. The molecule has 4 aromatic heterocycles. The van der Waals surface area contributed by atoms with Crippen molar-refractivity contribution in [2.75, 3.05) is 0 Å². The molecule has 266 valence electrons. The molecule has 6 heteroatoms. The van der Waals surface area contributed by atoms with Gasteiger partial charge in [0.1, 0.15) is 5.58 Å². The van der Waals surface area contributed by atoms with E-state index in [-0.39, 0.29) is 0 Å². The fourth-order valence-electron chi connectivity index (χ4n) is 8.41. The number of para-hydroxylation sites is 3. The van der Waals surface area contributed by atoms with Crippen molar-refractivity contribution >= 4 is 75.3 Å². The Morgan fingerprint density at radius 2 is 0.965 bits per heavy atom. The van der Waals surface area contributed by atoms with Gasteiger partial charge in [-0.3, -0.25) is 0 Å². The Morgan fingerprint density at radius 3 is 1.67 bits per heavy atom. The molecule has 0 saturated carbocycles. The van der Waals surface area contributed by atoms with Crippen molar-refractivity contribution in [1.82, 2.24) is 19.5 Å². The van der Waals surface area contributed by atoms with Crippen LogP contribution in [0.2, 0.25) is 0 Å². The van der Waals surface area contributed by atoms with Gasteiger partial charge in [0.2, 0.25) is 0 Å². The summed E-state index contributed by atoms with van der Waals surface area (Å²) in [6, 6.07) is 63.7. The second-order valence-electron chi connectivity index (χ2n) is 14.4. The minimum atomic E-state index is 0.651. The minimum absolute atomic E-state index is 0.651. The van der Waals surface area contributed by atoms with E-state index in [2.05, 4.69) is 126 Å². The average Bonchev–Trinajstić information content (AvgIpc) is 3.96. The number of benzene rings is 8. The molecule has 0 aliphatic heterocycles. The van der Waals surface area contributed by atoms with E-state index in [0.717, 1.165) is 60.9 Å². The fourth-order valence-corrected chi connectivity index (χ4v) is 9.69. The normalized spacial score (nSPS) is 11.9. The third-order valence-electron chi connectivity index (χ3n) is 11.1. The standard InChI is InChI=1S/C51H30N4OS/c1-3-13-31(14-4-1)49-52-50(32-15-5-2-6-16-32)54-51(53-49)34-26-28-39-41-21-11-19-35(48(41)57-46(39)30-34)33-25-27-38-40-20-12-24-44(47(40)56-45(38)29-33)55-42-22-9-7-17-36(42)37-18-8-10-23-43(37)55/h1-30H. The van der Waals surface area contributed by atoms with Gasteiger partial charge in [-0.05, 0) is 47.5 Å². The van der Waals surface area contributed by atoms with Crippen LogP contribution in [0.4, 0.5) is 0 Å². The highest BCUT2D eigenvalue weighted by Gasteiger charge is 2.19. The molecule has 0 aliphatic carbocycles. The first-order valence-corrected chi connectivity index (χ1v) is 19.8. The molecule has 0 N–H and O–H groups in total. The molecule has 12 aromatic rings. The van der Waals surface area contributed by atoms with Crippen LogP contribution in [0.25, 0.3) is 115 Å². The van der Waals surface area contributed by atoms with Crippen LogP contribution in [-0.4, -0.2) is 19.5 Å². The Labute approximate surface area is 330 Å². The lowest BCUT2D eigenvalue weighted by atomic mass is 10.0. The van der Waals surface area contributed by atoms with Gasteiger partial charge < -0.3 is 8.98 Å². The van der Waals surface area contributed by atoms with E-state index in [1.165, 1.54) is 36.5 Å². The zero-order chi connectivity index (χ0) is 37.5. The van der Waals surface area contributed by atoms with Crippen LogP contribution in [0.1, 0.15) is 0 Å². The molecule has 0 unspecified atom stereocenters. The maximum Gasteiger partial charge on any atom is 0.164 e. The monoisotopic (exact) mass is 746 g/mol. The number of rotatable bonds is 5. The zero-order valence-electron chi connectivity index (χ0n) is 30.4. The van der Waals surface area contributed by atoms with E-state index in [9.17, 15) is 0 Å². The van der Waals surface area contributed by atoms with Gasteiger partial charge in [0, 0.05) is 58.4 Å². The molecule has 0 amide bonds. The SMILES string of the molecule is c1ccc(-c2nc(-c3ccccc3)nc(-c3ccc4c(c3)sc3c(-c5ccc6c(c5)oc5c(-n7c8ccccc8c8ccccc87)cccc56)cccc34)n2)cc1. The molecule has 0 bridgehead atoms. The van der Waals surface area contributed by atoms with Crippen molar-refractivity contribution in [2.24, 2.45) is 0 Å². The smallest absolute Gasteiger partial charge is 0.164 e. The van der Waals surface area contributed by atoms with Gasteiger partial charge in [0.25, 0.3) is 0 Å². The lowest BCUT2D eigenvalue weighted by Gasteiger charge is -2.08. The largest absolute Gasteiger partial charge is 0.454 e. The van der Waals surface area contributed by atoms with Crippen LogP contribution in [0.3, 0.4) is 0 Å². The fraction of sp³-hybridized carbons (Fsp3) is 0. The number of fused-ring (bicyclic) bond motifs is 9. The van der Waals surface area contributed by atoms with E-state index >= 15 is 0 Å². The van der Waals surface area contributed by atoms with Crippen LogP contribution >= 0.6 is 11.3 Å². The van der Waals surface area contributed by atoms with Gasteiger partial charge in [-0.2, -0.15) is 0 Å². The molecule has 0 saturated heterocycles. The summed E-state index contributed by atoms with van der Waals surface area (Å²) in [5, 5.41) is 7.10. The zero-order valence-corrected chi connectivity index (χ0v) is 31.2. The quantitative estimate of drug-likeness (QED) is 0.176. The molecule has 0 spiro atoms. The van der Waals surface area contributed by atoms with Gasteiger partial charge in [-0.25, -0.2) is 15.0 Å². The second-order valence-corrected chi connectivity index (χ2v) is 15.4. The third kappa shape index (κ3) is 5.04. The van der Waals surface area contributed by atoms with Crippen molar-refractivity contribution < 1.29 is 4.42 Å². The highest BCUT2D eigenvalue weighted by Crippen LogP contribution is 2.43. The topological polar surface area (TPSA) is 56.7 Å². The van der Waals surface area contributed by atoms with Crippen LogP contribution < -0.4 is 0 Å². The van der Waals surface area contributed by atoms with Crippen LogP contribution in [-0.2, 0) is 0 Å². The molecule has 0 radical (unpaired) electrons. The lowest BCUT2D eigenvalue weighted by molar-refractivity contribution is 0.666. The summed E-state index contributed by atoms with van der Waals surface area (Å²) in [5.41, 5.74) is 10.3. The van der Waals surface area contributed by atoms with Crippen molar-refractivity contribution in [2.45, 2.75) is 0 Å². The van der Waals surface area contributed by atoms with E-state index in [1.807, 2.05) is 60.7 Å². The lowest BCUT2D eigenvalue weighted by Crippen LogP contribution is -1.99. The summed E-state index contributed by atoms with van der Waals surface area (Å²) in [7, 11) is 0. The molecule has 4 heterocycles. The average molecular weight is 747 g/mol. The van der Waals surface area contributed by atoms with Gasteiger partial charge in [0.05, 0.1) is 16.7 Å². The van der Waals surface area contributed by atoms with Gasteiger partial charge in [-0.15, -0.1) is 11.3 Å². The Kier molecular flexibility index (Phi) is 7.03. The van der Waals surface area contributed by atoms with E-state index < -0.39 is 0 Å². The summed E-state index contributed by atoms with van der Waals surface area (Å²) < 4.78 is 11.6. The number of hydrogen-bond acceptors (Lipinski definition) is 5. The van der Waals surface area contributed by atoms with E-state index in [0.29, 0.717) is 17.5 Å². The maximum atomic E-state index is 6.85. The third-order valence-corrected chi connectivity index (χ3v) is 12.3. The van der Waals surface area contributed by atoms with Crippen molar-refractivity contribution in [3.05, 3.63) is 182 Å². The first-order valence-electron chi connectivity index (χ1n) is 19.0. The summed E-state index contributed by atoms with van der Waals surface area (Å²) in [5.74, 6) is 1.96. The number of hydrogen-bond donors (Lipinski definition) is 0. The van der Waals surface area contributed by atoms with Gasteiger partial charge in [0.15, 0.2) is 23.1 Å². The molecule has 12 rings (SSSR count). The molecular weight excluding hydrogens is 717 g/mol. The molecule has 0 fully saturated rings. The second kappa shape index (κ2) is 12.6.